The zero-order chi connectivity index (χ0) is 11.6. The third kappa shape index (κ3) is 2.03. The molecule has 0 saturated carbocycles. The van der Waals surface area contributed by atoms with Gasteiger partial charge in [0.1, 0.15) is 12.1 Å². The van der Waals surface area contributed by atoms with Crippen molar-refractivity contribution < 1.29 is 4.74 Å². The quantitative estimate of drug-likeness (QED) is 0.846. The van der Waals surface area contributed by atoms with Crippen LogP contribution in [0.5, 0.6) is 0 Å². The van der Waals surface area contributed by atoms with Gasteiger partial charge in [0.25, 0.3) is 6.02 Å². The zero-order valence-electron chi connectivity index (χ0n) is 9.81. The molecule has 0 saturated heterocycles. The monoisotopic (exact) mass is 218 g/mol. The minimum Gasteiger partial charge on any atom is -0.462 e. The van der Waals surface area contributed by atoms with Crippen molar-refractivity contribution in [1.29, 1.82) is 0 Å². The highest BCUT2D eigenvalue weighted by Crippen LogP contribution is 2.36. The van der Waals surface area contributed by atoms with Crippen molar-refractivity contribution in [3.05, 3.63) is 35.9 Å². The van der Waals surface area contributed by atoms with Crippen LogP contribution in [0.4, 0.5) is 0 Å². The summed E-state index contributed by atoms with van der Waals surface area (Å²) in [6.45, 7) is 4.93. The lowest BCUT2D eigenvalue weighted by atomic mass is 9.84. The highest BCUT2D eigenvalue weighted by Gasteiger charge is 2.38. The van der Waals surface area contributed by atoms with Crippen molar-refractivity contribution in [2.75, 3.05) is 6.61 Å². The Hall–Kier alpha value is -1.51. The van der Waals surface area contributed by atoms with E-state index < -0.39 is 0 Å². The molecular weight excluding hydrogens is 200 g/mol. The maximum absolute atomic E-state index is 5.65. The molecule has 1 unspecified atom stereocenters. The van der Waals surface area contributed by atoms with Crippen LogP contribution in [0.1, 0.15) is 25.8 Å². The SMILES string of the molecule is CC(C)CC1(c2ccccc2)COC(N)=N1. The summed E-state index contributed by atoms with van der Waals surface area (Å²) in [5.74, 6) is 0.554. The number of rotatable bonds is 3. The van der Waals surface area contributed by atoms with Crippen LogP contribution in [0.25, 0.3) is 0 Å². The molecule has 0 radical (unpaired) electrons. The summed E-state index contributed by atoms with van der Waals surface area (Å²) in [6.07, 6.45) is 0.956. The predicted molar refractivity (Wildman–Crippen MR) is 65.1 cm³/mol. The molecule has 0 fully saturated rings. The van der Waals surface area contributed by atoms with Crippen molar-refractivity contribution in [2.45, 2.75) is 25.8 Å². The normalized spacial score (nSPS) is 24.3. The van der Waals surface area contributed by atoms with Crippen molar-refractivity contribution in [3.8, 4) is 0 Å². The number of amidine groups is 1. The summed E-state index contributed by atoms with van der Waals surface area (Å²) in [5.41, 5.74) is 6.56. The van der Waals surface area contributed by atoms with Gasteiger partial charge in [-0.05, 0) is 17.9 Å². The predicted octanol–water partition coefficient (Wildman–Crippen LogP) is 2.27. The van der Waals surface area contributed by atoms with Gasteiger partial charge in [-0.2, -0.15) is 0 Å². The Kier molecular flexibility index (Phi) is 2.86. The van der Waals surface area contributed by atoms with Gasteiger partial charge in [0.2, 0.25) is 0 Å². The third-order valence-corrected chi connectivity index (χ3v) is 2.84. The molecule has 0 aliphatic carbocycles. The molecule has 1 aliphatic rings. The van der Waals surface area contributed by atoms with E-state index in [2.05, 4.69) is 31.0 Å². The molecule has 3 nitrogen and oxygen atoms in total. The van der Waals surface area contributed by atoms with Crippen LogP contribution in [0.15, 0.2) is 35.3 Å². The standard InChI is InChI=1S/C13H18N2O/c1-10(2)8-13(9-16-12(14)15-13)11-6-4-3-5-7-11/h3-7,10H,8-9H2,1-2H3,(H2,14,15). The first kappa shape index (κ1) is 11.0. The lowest BCUT2D eigenvalue weighted by Crippen LogP contribution is -2.27. The van der Waals surface area contributed by atoms with E-state index in [0.717, 1.165) is 6.42 Å². The van der Waals surface area contributed by atoms with Gasteiger partial charge in [0.15, 0.2) is 0 Å². The number of benzene rings is 1. The van der Waals surface area contributed by atoms with E-state index in [1.165, 1.54) is 5.56 Å². The van der Waals surface area contributed by atoms with Crippen LogP contribution in [0.2, 0.25) is 0 Å². The molecule has 2 N–H and O–H groups in total. The summed E-state index contributed by atoms with van der Waals surface area (Å²) in [7, 11) is 0. The lowest BCUT2D eigenvalue weighted by Gasteiger charge is -2.26. The molecule has 1 heterocycles. The fourth-order valence-electron chi connectivity index (χ4n) is 2.26. The molecule has 1 aromatic rings. The maximum atomic E-state index is 5.65. The number of hydrogen-bond acceptors (Lipinski definition) is 3. The Labute approximate surface area is 96.3 Å². The summed E-state index contributed by atoms with van der Waals surface area (Å²) in [5, 5.41) is 0. The smallest absolute Gasteiger partial charge is 0.283 e. The fraction of sp³-hybridized carbons (Fsp3) is 0.462. The average Bonchev–Trinajstić information content (AvgIpc) is 2.62. The molecule has 3 heteroatoms. The van der Waals surface area contributed by atoms with Gasteiger partial charge in [0, 0.05) is 0 Å². The van der Waals surface area contributed by atoms with E-state index in [9.17, 15) is 0 Å². The summed E-state index contributed by atoms with van der Waals surface area (Å²) >= 11 is 0. The van der Waals surface area contributed by atoms with Gasteiger partial charge < -0.3 is 10.5 Å². The number of nitrogens with two attached hydrogens (primary N) is 1. The Bertz CT molecular complexity index is 386. The van der Waals surface area contributed by atoms with Gasteiger partial charge >= 0.3 is 0 Å². The topological polar surface area (TPSA) is 47.6 Å². The molecule has 1 aliphatic heterocycles. The number of hydrogen-bond donors (Lipinski definition) is 1. The van der Waals surface area contributed by atoms with Gasteiger partial charge in [-0.1, -0.05) is 44.2 Å². The second-order valence-corrected chi connectivity index (χ2v) is 4.73. The molecule has 1 aromatic carbocycles. The highest BCUT2D eigenvalue weighted by molar-refractivity contribution is 5.74. The van der Waals surface area contributed by atoms with Crippen LogP contribution in [-0.4, -0.2) is 12.6 Å². The Morgan fingerprint density at radius 2 is 2.06 bits per heavy atom. The Morgan fingerprint density at radius 3 is 2.56 bits per heavy atom. The Morgan fingerprint density at radius 1 is 1.38 bits per heavy atom. The molecule has 86 valence electrons. The van der Waals surface area contributed by atoms with Gasteiger partial charge in [-0.25, -0.2) is 4.99 Å². The van der Waals surface area contributed by atoms with Gasteiger partial charge in [-0.15, -0.1) is 0 Å². The molecule has 0 bridgehead atoms. The highest BCUT2D eigenvalue weighted by atomic mass is 16.5. The van der Waals surface area contributed by atoms with E-state index >= 15 is 0 Å². The van der Waals surface area contributed by atoms with E-state index in [4.69, 9.17) is 10.5 Å². The van der Waals surface area contributed by atoms with Crippen LogP contribution in [-0.2, 0) is 10.3 Å². The largest absolute Gasteiger partial charge is 0.462 e. The first-order valence-electron chi connectivity index (χ1n) is 5.66. The fourth-order valence-corrected chi connectivity index (χ4v) is 2.26. The third-order valence-electron chi connectivity index (χ3n) is 2.84. The molecular formula is C13H18N2O. The molecule has 0 aromatic heterocycles. The number of nitrogens with zero attached hydrogens (tertiary/aromatic N) is 1. The first-order valence-corrected chi connectivity index (χ1v) is 5.66. The second-order valence-electron chi connectivity index (χ2n) is 4.73. The minimum atomic E-state index is -0.278. The van der Waals surface area contributed by atoms with Crippen LogP contribution >= 0.6 is 0 Å². The molecule has 2 rings (SSSR count). The van der Waals surface area contributed by atoms with Gasteiger partial charge in [-0.3, -0.25) is 0 Å². The van der Waals surface area contributed by atoms with E-state index in [1.807, 2.05) is 18.2 Å². The number of aliphatic imine (C=N–C) groups is 1. The number of ether oxygens (including phenoxy) is 1. The molecule has 16 heavy (non-hydrogen) atoms. The molecule has 0 amide bonds. The molecule has 0 spiro atoms. The Balaban J connectivity index is 2.36. The van der Waals surface area contributed by atoms with E-state index in [0.29, 0.717) is 18.5 Å². The van der Waals surface area contributed by atoms with Crippen LogP contribution < -0.4 is 5.73 Å². The lowest BCUT2D eigenvalue weighted by molar-refractivity contribution is 0.227. The van der Waals surface area contributed by atoms with Crippen molar-refractivity contribution in [3.63, 3.8) is 0 Å². The maximum Gasteiger partial charge on any atom is 0.283 e. The van der Waals surface area contributed by atoms with Crippen molar-refractivity contribution in [2.24, 2.45) is 16.6 Å². The van der Waals surface area contributed by atoms with Crippen LogP contribution in [0, 0.1) is 5.92 Å². The minimum absolute atomic E-state index is 0.278. The molecule has 1 atom stereocenters. The zero-order valence-corrected chi connectivity index (χ0v) is 9.81. The second kappa shape index (κ2) is 4.16. The van der Waals surface area contributed by atoms with E-state index in [-0.39, 0.29) is 5.54 Å². The average molecular weight is 218 g/mol. The van der Waals surface area contributed by atoms with Gasteiger partial charge in [0.05, 0.1) is 0 Å². The summed E-state index contributed by atoms with van der Waals surface area (Å²) < 4.78 is 5.35. The van der Waals surface area contributed by atoms with Crippen molar-refractivity contribution >= 4 is 6.02 Å². The summed E-state index contributed by atoms with van der Waals surface area (Å²) in [6, 6.07) is 10.6. The van der Waals surface area contributed by atoms with Crippen LogP contribution in [0.3, 0.4) is 0 Å². The summed E-state index contributed by atoms with van der Waals surface area (Å²) in [4.78, 5) is 4.50. The van der Waals surface area contributed by atoms with E-state index in [1.54, 1.807) is 0 Å². The van der Waals surface area contributed by atoms with Crippen molar-refractivity contribution in [1.82, 2.24) is 0 Å². The first-order chi connectivity index (χ1) is 7.62.